The van der Waals surface area contributed by atoms with Crippen LogP contribution in [0.5, 0.6) is 23.0 Å². The Morgan fingerprint density at radius 1 is 0.921 bits per heavy atom. The lowest BCUT2D eigenvalue weighted by Crippen LogP contribution is -2.38. The van der Waals surface area contributed by atoms with E-state index < -0.39 is 23.5 Å². The molecule has 1 N–H and O–H groups in total. The first-order valence-electron chi connectivity index (χ1n) is 12.0. The normalized spacial score (nSPS) is 16.8. The Labute approximate surface area is 232 Å². The van der Waals surface area contributed by atoms with Gasteiger partial charge in [-0.15, -0.1) is 0 Å². The number of halogens is 2. The highest BCUT2D eigenvalue weighted by Gasteiger charge is 2.47. The summed E-state index contributed by atoms with van der Waals surface area (Å²) in [4.78, 5) is 30.4. The summed E-state index contributed by atoms with van der Waals surface area (Å²) >= 11 is 12.5. The molecule has 0 spiro atoms. The van der Waals surface area contributed by atoms with E-state index in [4.69, 9.17) is 42.1 Å². The number of rotatable bonds is 11. The maximum absolute atomic E-state index is 13.5. The molecule has 0 aliphatic carbocycles. The number of ketones is 1. The van der Waals surface area contributed by atoms with Crippen LogP contribution in [-0.2, 0) is 9.59 Å². The summed E-state index contributed by atoms with van der Waals surface area (Å²) in [5, 5.41) is 11.9. The fraction of sp³-hybridized carbons (Fsp3) is 0.407. The fourth-order valence-electron chi connectivity index (χ4n) is 4.59. The number of amides is 1. The van der Waals surface area contributed by atoms with E-state index in [0.717, 1.165) is 13.1 Å². The molecule has 1 aliphatic heterocycles. The first-order valence-corrected chi connectivity index (χ1v) is 12.8. The number of hydrogen-bond acceptors (Lipinski definition) is 8. The van der Waals surface area contributed by atoms with Gasteiger partial charge in [0.2, 0.25) is 5.75 Å². The summed E-state index contributed by atoms with van der Waals surface area (Å²) in [6.07, 6.45) is 0. The maximum atomic E-state index is 13.5. The molecule has 2 aromatic rings. The van der Waals surface area contributed by atoms with Crippen LogP contribution in [0.1, 0.15) is 31.0 Å². The van der Waals surface area contributed by atoms with Crippen LogP contribution in [0, 0.1) is 0 Å². The smallest absolute Gasteiger partial charge is 0.295 e. The fourth-order valence-corrected chi connectivity index (χ4v) is 5.16. The average Bonchev–Trinajstić information content (AvgIpc) is 3.16. The monoisotopic (exact) mass is 566 g/mol. The molecule has 9 nitrogen and oxygen atoms in total. The highest BCUT2D eigenvalue weighted by molar-refractivity contribution is 6.46. The van der Waals surface area contributed by atoms with Crippen LogP contribution in [0.2, 0.25) is 10.0 Å². The number of aliphatic hydroxyl groups is 1. The van der Waals surface area contributed by atoms with Gasteiger partial charge in [-0.2, -0.15) is 0 Å². The second-order valence-electron chi connectivity index (χ2n) is 8.45. The number of Topliss-reactive ketones (excluding diaryl/α,β-unsaturated/α-hetero) is 1. The number of aliphatic hydroxyl groups excluding tert-OH is 1. The number of methoxy groups -OCH3 is 4. The Balaban J connectivity index is 2.31. The first kappa shape index (κ1) is 29.4. The molecule has 2 aromatic carbocycles. The van der Waals surface area contributed by atoms with Gasteiger partial charge in [0, 0.05) is 18.1 Å². The summed E-state index contributed by atoms with van der Waals surface area (Å²) in [7, 11) is 5.80. The number of nitrogens with zero attached hydrogens (tertiary/aromatic N) is 2. The lowest BCUT2D eigenvalue weighted by molar-refractivity contribution is -0.140. The molecule has 3 rings (SSSR count). The molecule has 0 radical (unpaired) electrons. The van der Waals surface area contributed by atoms with E-state index in [1.165, 1.54) is 45.5 Å². The van der Waals surface area contributed by atoms with Gasteiger partial charge < -0.3 is 33.9 Å². The molecule has 1 saturated heterocycles. The Morgan fingerprint density at radius 2 is 1.50 bits per heavy atom. The number of ether oxygens (including phenoxy) is 4. The topological polar surface area (TPSA) is 97.8 Å². The third-order valence-corrected chi connectivity index (χ3v) is 7.06. The van der Waals surface area contributed by atoms with Crippen molar-refractivity contribution < 1.29 is 33.6 Å². The van der Waals surface area contributed by atoms with Crippen molar-refractivity contribution in [1.29, 1.82) is 0 Å². The van der Waals surface area contributed by atoms with Crippen LogP contribution in [0.25, 0.3) is 5.76 Å². The van der Waals surface area contributed by atoms with Crippen molar-refractivity contribution in [2.24, 2.45) is 0 Å². The third-order valence-electron chi connectivity index (χ3n) is 6.56. The summed E-state index contributed by atoms with van der Waals surface area (Å²) in [5.41, 5.74) is 0.427. The predicted molar refractivity (Wildman–Crippen MR) is 146 cm³/mol. The second-order valence-corrected chi connectivity index (χ2v) is 9.29. The van der Waals surface area contributed by atoms with Crippen LogP contribution in [0.4, 0.5) is 0 Å². The molecular weight excluding hydrogens is 535 g/mol. The van der Waals surface area contributed by atoms with Gasteiger partial charge in [-0.3, -0.25) is 9.59 Å². The zero-order chi connectivity index (χ0) is 28.1. The number of hydrogen-bond donors (Lipinski definition) is 1. The molecule has 11 heteroatoms. The molecular formula is C27H32Cl2N2O7. The van der Waals surface area contributed by atoms with Gasteiger partial charge in [0.25, 0.3) is 11.7 Å². The highest BCUT2D eigenvalue weighted by atomic mass is 35.5. The van der Waals surface area contributed by atoms with E-state index in [0.29, 0.717) is 29.4 Å². The number of carbonyl (C=O) groups excluding carboxylic acids is 2. The van der Waals surface area contributed by atoms with Crippen LogP contribution in [-0.4, -0.2) is 81.2 Å². The lowest BCUT2D eigenvalue weighted by Gasteiger charge is -2.29. The Hall–Kier alpha value is -3.14. The van der Waals surface area contributed by atoms with E-state index in [1.807, 2.05) is 13.8 Å². The van der Waals surface area contributed by atoms with E-state index in [1.54, 1.807) is 12.1 Å². The molecule has 1 unspecified atom stereocenters. The molecule has 1 fully saturated rings. The molecule has 206 valence electrons. The Morgan fingerprint density at radius 3 is 2.00 bits per heavy atom. The van der Waals surface area contributed by atoms with E-state index in [9.17, 15) is 14.7 Å². The quantitative estimate of drug-likeness (QED) is 0.235. The zero-order valence-electron chi connectivity index (χ0n) is 22.3. The number of carbonyl (C=O) groups is 2. The molecule has 1 heterocycles. The zero-order valence-corrected chi connectivity index (χ0v) is 23.8. The van der Waals surface area contributed by atoms with Crippen LogP contribution >= 0.6 is 23.2 Å². The summed E-state index contributed by atoms with van der Waals surface area (Å²) in [6.45, 7) is 6.33. The van der Waals surface area contributed by atoms with Crippen molar-refractivity contribution in [3.05, 3.63) is 51.0 Å². The lowest BCUT2D eigenvalue weighted by atomic mass is 9.94. The maximum Gasteiger partial charge on any atom is 0.295 e. The van der Waals surface area contributed by atoms with Crippen molar-refractivity contribution in [2.45, 2.75) is 19.9 Å². The SMILES string of the molecule is CCN(CC)CCN1C(=O)C(=O)/C(=C(/O)c2cc(Cl)cc(Cl)c2OC)C1c1cc(OC)c(OC)c(OC)c1. The van der Waals surface area contributed by atoms with Gasteiger partial charge in [0.1, 0.15) is 11.5 Å². The number of likely N-dealkylation sites (N-methyl/N-ethyl adjacent to an activating group) is 1. The number of benzene rings is 2. The molecule has 1 amide bonds. The molecule has 38 heavy (non-hydrogen) atoms. The van der Waals surface area contributed by atoms with Crippen molar-refractivity contribution in [3.63, 3.8) is 0 Å². The predicted octanol–water partition coefficient (Wildman–Crippen LogP) is 4.79. The molecule has 0 bridgehead atoms. The largest absolute Gasteiger partial charge is 0.507 e. The summed E-state index contributed by atoms with van der Waals surface area (Å²) in [5.74, 6) is -0.926. The van der Waals surface area contributed by atoms with Gasteiger partial charge in [0.15, 0.2) is 11.5 Å². The van der Waals surface area contributed by atoms with Gasteiger partial charge in [-0.1, -0.05) is 37.0 Å². The highest BCUT2D eigenvalue weighted by Crippen LogP contribution is 2.47. The van der Waals surface area contributed by atoms with Crippen LogP contribution < -0.4 is 18.9 Å². The standard InChI is InChI=1S/C27H32Cl2N2O7/c1-7-30(8-2)9-10-31-22(15-11-19(35-3)26(38-6)20(12-15)36-4)21(24(33)27(31)34)23(32)17-13-16(28)14-18(29)25(17)37-5/h11-14,22,32H,7-10H2,1-6H3/b23-21+. The minimum atomic E-state index is -0.971. The minimum absolute atomic E-state index is 0.0872. The van der Waals surface area contributed by atoms with E-state index >= 15 is 0 Å². The van der Waals surface area contributed by atoms with Crippen LogP contribution in [0.15, 0.2) is 29.8 Å². The van der Waals surface area contributed by atoms with Gasteiger partial charge in [-0.25, -0.2) is 0 Å². The van der Waals surface area contributed by atoms with Crippen molar-refractivity contribution in [1.82, 2.24) is 9.80 Å². The Bertz CT molecular complexity index is 1220. The van der Waals surface area contributed by atoms with Crippen LogP contribution in [0.3, 0.4) is 0 Å². The first-order chi connectivity index (χ1) is 18.2. The van der Waals surface area contributed by atoms with Crippen molar-refractivity contribution in [3.8, 4) is 23.0 Å². The minimum Gasteiger partial charge on any atom is -0.507 e. The second kappa shape index (κ2) is 12.6. The van der Waals surface area contributed by atoms with E-state index in [2.05, 4.69) is 4.90 Å². The Kier molecular flexibility index (Phi) is 9.76. The third kappa shape index (κ3) is 5.50. The van der Waals surface area contributed by atoms with Crippen molar-refractivity contribution >= 4 is 40.7 Å². The summed E-state index contributed by atoms with van der Waals surface area (Å²) in [6, 6.07) is 5.21. The molecule has 1 atom stereocenters. The van der Waals surface area contributed by atoms with Gasteiger partial charge in [-0.05, 0) is 42.9 Å². The molecule has 1 aliphatic rings. The van der Waals surface area contributed by atoms with Gasteiger partial charge in [0.05, 0.1) is 50.6 Å². The summed E-state index contributed by atoms with van der Waals surface area (Å²) < 4.78 is 21.9. The van der Waals surface area contributed by atoms with Crippen molar-refractivity contribution in [2.75, 3.05) is 54.6 Å². The van der Waals surface area contributed by atoms with Gasteiger partial charge >= 0.3 is 0 Å². The number of likely N-dealkylation sites (tertiary alicyclic amines) is 1. The molecule has 0 saturated carbocycles. The average molecular weight is 567 g/mol. The molecule has 0 aromatic heterocycles. The van der Waals surface area contributed by atoms with E-state index in [-0.39, 0.29) is 33.5 Å².